The van der Waals surface area contributed by atoms with Crippen molar-refractivity contribution in [2.75, 3.05) is 11.5 Å². The van der Waals surface area contributed by atoms with E-state index in [4.69, 9.17) is 10.00 Å². The van der Waals surface area contributed by atoms with E-state index in [0.29, 0.717) is 6.42 Å². The van der Waals surface area contributed by atoms with Crippen LogP contribution in [0.5, 0.6) is 0 Å². The molecule has 106 valence electrons. The first-order chi connectivity index (χ1) is 9.00. The van der Waals surface area contributed by atoms with Gasteiger partial charge in [0.15, 0.2) is 9.84 Å². The van der Waals surface area contributed by atoms with Gasteiger partial charge in [0, 0.05) is 6.42 Å². The Kier molecular flexibility index (Phi) is 4.46. The zero-order valence-corrected chi connectivity index (χ0v) is 11.7. The summed E-state index contributed by atoms with van der Waals surface area (Å²) in [5, 5.41) is 9.01. The first kappa shape index (κ1) is 14.3. The first-order valence-corrected chi connectivity index (χ1v) is 8.62. The highest BCUT2D eigenvalue weighted by atomic mass is 32.2. The fourth-order valence-electron chi connectivity index (χ4n) is 2.87. The molecule has 0 aromatic heterocycles. The predicted octanol–water partition coefficient (Wildman–Crippen LogP) is 1.44. The molecule has 6 heteroatoms. The van der Waals surface area contributed by atoms with Crippen LogP contribution in [0.15, 0.2) is 0 Å². The van der Waals surface area contributed by atoms with Crippen LogP contribution in [0.1, 0.15) is 38.5 Å². The summed E-state index contributed by atoms with van der Waals surface area (Å²) in [4.78, 5) is 11.8. The molecule has 2 fully saturated rings. The number of hydrogen-bond acceptors (Lipinski definition) is 5. The zero-order chi connectivity index (χ0) is 13.9. The summed E-state index contributed by atoms with van der Waals surface area (Å²) in [6.45, 7) is 0. The minimum absolute atomic E-state index is 0.0917. The lowest BCUT2D eigenvalue weighted by atomic mass is 9.87. The van der Waals surface area contributed by atoms with Crippen LogP contribution in [0.4, 0.5) is 0 Å². The van der Waals surface area contributed by atoms with E-state index in [1.54, 1.807) is 0 Å². The van der Waals surface area contributed by atoms with E-state index in [1.165, 1.54) is 0 Å². The number of nitrogens with zero attached hydrogens (tertiary/aromatic N) is 1. The zero-order valence-electron chi connectivity index (χ0n) is 10.9. The molecule has 1 saturated carbocycles. The molecule has 0 radical (unpaired) electrons. The van der Waals surface area contributed by atoms with Crippen molar-refractivity contribution >= 4 is 15.8 Å². The second kappa shape index (κ2) is 5.91. The molecule has 0 aromatic rings. The summed E-state index contributed by atoms with van der Waals surface area (Å²) < 4.78 is 28.0. The number of hydrogen-bond donors (Lipinski definition) is 0. The lowest BCUT2D eigenvalue weighted by Gasteiger charge is -2.26. The molecule has 3 atom stereocenters. The second-order valence-corrected chi connectivity index (χ2v) is 7.75. The molecule has 0 amide bonds. The molecule has 1 aliphatic heterocycles. The maximum Gasteiger partial charge on any atom is 0.306 e. The number of rotatable bonds is 3. The summed E-state index contributed by atoms with van der Waals surface area (Å²) in [6.07, 6.45) is 3.92. The van der Waals surface area contributed by atoms with Crippen molar-refractivity contribution in [3.05, 3.63) is 0 Å². The van der Waals surface area contributed by atoms with Crippen molar-refractivity contribution in [2.24, 2.45) is 11.8 Å². The van der Waals surface area contributed by atoms with Crippen LogP contribution in [0.3, 0.4) is 0 Å². The SMILES string of the molecule is N#C[C@@H]1CCCC[C@H]1OC(=O)C[C@@H]1CCS(=O)(=O)C1. The topological polar surface area (TPSA) is 84.2 Å². The summed E-state index contributed by atoms with van der Waals surface area (Å²) >= 11 is 0. The Morgan fingerprint density at radius 2 is 2.00 bits per heavy atom. The van der Waals surface area contributed by atoms with Gasteiger partial charge < -0.3 is 4.74 Å². The van der Waals surface area contributed by atoms with Crippen molar-refractivity contribution in [2.45, 2.75) is 44.6 Å². The standard InChI is InChI=1S/C13H19NO4S/c14-8-11-3-1-2-4-12(11)18-13(15)7-10-5-6-19(16,17)9-10/h10-12H,1-7,9H2/t10-,11-,12+/m0/s1. The number of carbonyl (C=O) groups is 1. The third kappa shape index (κ3) is 3.93. The van der Waals surface area contributed by atoms with E-state index < -0.39 is 9.84 Å². The number of nitriles is 1. The van der Waals surface area contributed by atoms with E-state index in [0.717, 1.165) is 25.7 Å². The number of sulfone groups is 1. The molecule has 5 nitrogen and oxygen atoms in total. The van der Waals surface area contributed by atoms with Crippen LogP contribution >= 0.6 is 0 Å². The van der Waals surface area contributed by atoms with E-state index in [-0.39, 0.29) is 41.8 Å². The molecule has 0 spiro atoms. The van der Waals surface area contributed by atoms with Crippen LogP contribution in [0.25, 0.3) is 0 Å². The van der Waals surface area contributed by atoms with Gasteiger partial charge in [-0.1, -0.05) is 6.42 Å². The highest BCUT2D eigenvalue weighted by Crippen LogP contribution is 2.28. The lowest BCUT2D eigenvalue weighted by molar-refractivity contribution is -0.153. The molecular formula is C13H19NO4S. The largest absolute Gasteiger partial charge is 0.461 e. The van der Waals surface area contributed by atoms with Crippen LogP contribution in [0, 0.1) is 23.2 Å². The quantitative estimate of drug-likeness (QED) is 0.732. The normalized spacial score (nSPS) is 33.5. The second-order valence-electron chi connectivity index (χ2n) is 5.52. The van der Waals surface area contributed by atoms with Gasteiger partial charge in [-0.3, -0.25) is 4.79 Å². The van der Waals surface area contributed by atoms with Crippen LogP contribution in [0.2, 0.25) is 0 Å². The van der Waals surface area contributed by atoms with Crippen molar-refractivity contribution < 1.29 is 17.9 Å². The smallest absolute Gasteiger partial charge is 0.306 e. The van der Waals surface area contributed by atoms with Gasteiger partial charge in [-0.05, 0) is 31.6 Å². The van der Waals surface area contributed by atoms with Crippen molar-refractivity contribution in [1.82, 2.24) is 0 Å². The van der Waals surface area contributed by atoms with Crippen molar-refractivity contribution in [1.29, 1.82) is 5.26 Å². The van der Waals surface area contributed by atoms with Crippen LogP contribution < -0.4 is 0 Å². The highest BCUT2D eigenvalue weighted by molar-refractivity contribution is 7.91. The van der Waals surface area contributed by atoms with Crippen molar-refractivity contribution in [3.63, 3.8) is 0 Å². The Morgan fingerprint density at radius 3 is 2.63 bits per heavy atom. The minimum Gasteiger partial charge on any atom is -0.461 e. The van der Waals surface area contributed by atoms with E-state index >= 15 is 0 Å². The Labute approximate surface area is 113 Å². The molecule has 1 heterocycles. The molecule has 2 aliphatic rings. The molecule has 2 rings (SSSR count). The summed E-state index contributed by atoms with van der Waals surface area (Å²) in [6, 6.07) is 2.19. The van der Waals surface area contributed by atoms with Gasteiger partial charge in [0.2, 0.25) is 0 Å². The van der Waals surface area contributed by atoms with Crippen LogP contribution in [-0.4, -0.2) is 32.0 Å². The molecular weight excluding hydrogens is 266 g/mol. The molecule has 1 aliphatic carbocycles. The maximum absolute atomic E-state index is 11.8. The van der Waals surface area contributed by atoms with Crippen LogP contribution in [-0.2, 0) is 19.4 Å². The highest BCUT2D eigenvalue weighted by Gasteiger charge is 2.32. The summed E-state index contributed by atoms with van der Waals surface area (Å²) in [5.74, 6) is -0.398. The molecule has 0 N–H and O–H groups in total. The van der Waals surface area contributed by atoms with E-state index in [1.807, 2.05) is 0 Å². The van der Waals surface area contributed by atoms with E-state index in [2.05, 4.69) is 6.07 Å². The Bertz CT molecular complexity index is 479. The van der Waals surface area contributed by atoms with E-state index in [9.17, 15) is 13.2 Å². The number of esters is 1. The third-order valence-corrected chi connectivity index (χ3v) is 5.77. The van der Waals surface area contributed by atoms with Gasteiger partial charge >= 0.3 is 5.97 Å². The van der Waals surface area contributed by atoms with Gasteiger partial charge in [-0.15, -0.1) is 0 Å². The third-order valence-electron chi connectivity index (χ3n) is 3.93. The maximum atomic E-state index is 11.8. The fraction of sp³-hybridized carbons (Fsp3) is 0.846. The summed E-state index contributed by atoms with van der Waals surface area (Å²) in [7, 11) is -2.95. The van der Waals surface area contributed by atoms with Gasteiger partial charge in [0.1, 0.15) is 6.10 Å². The molecule has 0 unspecified atom stereocenters. The average Bonchev–Trinajstić information content (AvgIpc) is 2.69. The lowest BCUT2D eigenvalue weighted by Crippen LogP contribution is -2.30. The predicted molar refractivity (Wildman–Crippen MR) is 68.8 cm³/mol. The minimum atomic E-state index is -2.95. The van der Waals surface area contributed by atoms with Gasteiger partial charge in [-0.2, -0.15) is 5.26 Å². The molecule has 1 saturated heterocycles. The monoisotopic (exact) mass is 285 g/mol. The Balaban J connectivity index is 1.83. The van der Waals surface area contributed by atoms with Gasteiger partial charge in [-0.25, -0.2) is 8.42 Å². The average molecular weight is 285 g/mol. The van der Waals surface area contributed by atoms with Gasteiger partial charge in [0.05, 0.1) is 23.5 Å². The molecule has 19 heavy (non-hydrogen) atoms. The van der Waals surface area contributed by atoms with Crippen molar-refractivity contribution in [3.8, 4) is 6.07 Å². The Hall–Kier alpha value is -1.09. The van der Waals surface area contributed by atoms with Gasteiger partial charge in [0.25, 0.3) is 0 Å². The Morgan fingerprint density at radius 1 is 1.26 bits per heavy atom. The summed E-state index contributed by atoms with van der Waals surface area (Å²) in [5.41, 5.74) is 0. The number of carbonyl (C=O) groups excluding carboxylic acids is 1. The fourth-order valence-corrected chi connectivity index (χ4v) is 4.73. The molecule has 0 bridgehead atoms. The first-order valence-electron chi connectivity index (χ1n) is 6.80. The molecule has 0 aromatic carbocycles. The number of ether oxygens (including phenoxy) is 1.